The largest absolute Gasteiger partial charge is 0.317 e. The zero-order chi connectivity index (χ0) is 8.81. The van der Waals surface area contributed by atoms with E-state index in [9.17, 15) is 0 Å². The Bertz CT molecular complexity index is 219. The summed E-state index contributed by atoms with van der Waals surface area (Å²) < 4.78 is 0. The maximum atomic E-state index is 4.29. The Morgan fingerprint density at radius 1 is 1.42 bits per heavy atom. The molecule has 1 aromatic heterocycles. The number of rotatable bonds is 5. The fraction of sp³-hybridized carbons (Fsp3) is 0.750. The molecule has 1 heterocycles. The number of likely N-dealkylation sites (N-methyl/N-ethyl adjacent to an activating group) is 1. The molecular formula is C8H16N4. The van der Waals surface area contributed by atoms with Crippen LogP contribution in [0.25, 0.3) is 0 Å². The van der Waals surface area contributed by atoms with Gasteiger partial charge in [-0.3, -0.25) is 5.10 Å². The highest BCUT2D eigenvalue weighted by Crippen LogP contribution is 1.93. The summed E-state index contributed by atoms with van der Waals surface area (Å²) in [6.07, 6.45) is 1.83. The van der Waals surface area contributed by atoms with Crippen LogP contribution in [0, 0.1) is 0 Å². The third-order valence-electron chi connectivity index (χ3n) is 1.68. The minimum Gasteiger partial charge on any atom is -0.317 e. The molecule has 0 radical (unpaired) electrons. The maximum absolute atomic E-state index is 4.29. The first-order valence-electron chi connectivity index (χ1n) is 4.47. The van der Waals surface area contributed by atoms with Gasteiger partial charge >= 0.3 is 0 Å². The number of nitrogens with one attached hydrogen (secondary N) is 2. The smallest absolute Gasteiger partial charge is 0.150 e. The van der Waals surface area contributed by atoms with E-state index in [0.29, 0.717) is 0 Å². The Kier molecular flexibility index (Phi) is 3.73. The Morgan fingerprint density at radius 3 is 2.83 bits per heavy atom. The minimum atomic E-state index is 0.901. The number of aryl methyl sites for hydroxylation is 1. The molecule has 0 bridgehead atoms. The zero-order valence-electron chi connectivity index (χ0n) is 7.72. The van der Waals surface area contributed by atoms with E-state index in [1.165, 1.54) is 0 Å². The van der Waals surface area contributed by atoms with Crippen molar-refractivity contribution in [3.05, 3.63) is 11.6 Å². The number of hydrogen-bond donors (Lipinski definition) is 2. The molecule has 2 N–H and O–H groups in total. The lowest BCUT2D eigenvalue weighted by Crippen LogP contribution is -2.16. The molecular weight excluding hydrogens is 152 g/mol. The molecule has 0 atom stereocenters. The molecule has 4 heteroatoms. The van der Waals surface area contributed by atoms with Gasteiger partial charge in [-0.2, -0.15) is 5.10 Å². The van der Waals surface area contributed by atoms with E-state index in [-0.39, 0.29) is 0 Å². The number of nitrogens with zero attached hydrogens (tertiary/aromatic N) is 2. The van der Waals surface area contributed by atoms with Gasteiger partial charge in [0.05, 0.1) is 0 Å². The molecule has 0 saturated carbocycles. The van der Waals surface area contributed by atoms with E-state index < -0.39 is 0 Å². The van der Waals surface area contributed by atoms with Crippen LogP contribution in [0.1, 0.15) is 25.5 Å². The van der Waals surface area contributed by atoms with E-state index in [0.717, 1.165) is 37.6 Å². The zero-order valence-corrected chi connectivity index (χ0v) is 7.72. The van der Waals surface area contributed by atoms with Crippen molar-refractivity contribution in [1.82, 2.24) is 20.5 Å². The van der Waals surface area contributed by atoms with Crippen LogP contribution in [-0.4, -0.2) is 28.3 Å². The molecule has 0 aromatic carbocycles. The van der Waals surface area contributed by atoms with E-state index in [1.54, 1.807) is 0 Å². The van der Waals surface area contributed by atoms with E-state index >= 15 is 0 Å². The monoisotopic (exact) mass is 168 g/mol. The molecule has 0 fully saturated rings. The SMILES string of the molecule is CCNCCc1nc(CC)n[nH]1. The van der Waals surface area contributed by atoms with Gasteiger partial charge in [0.2, 0.25) is 0 Å². The summed E-state index contributed by atoms with van der Waals surface area (Å²) >= 11 is 0. The predicted octanol–water partition coefficient (Wildman–Crippen LogP) is 0.519. The van der Waals surface area contributed by atoms with Crippen molar-refractivity contribution in [2.45, 2.75) is 26.7 Å². The van der Waals surface area contributed by atoms with Crippen LogP contribution in [0.4, 0.5) is 0 Å². The predicted molar refractivity (Wildman–Crippen MR) is 48.0 cm³/mol. The van der Waals surface area contributed by atoms with Gasteiger partial charge in [0.1, 0.15) is 11.6 Å². The molecule has 1 aromatic rings. The molecule has 0 aliphatic heterocycles. The fourth-order valence-electron chi connectivity index (χ4n) is 0.988. The highest BCUT2D eigenvalue weighted by molar-refractivity contribution is 4.90. The highest BCUT2D eigenvalue weighted by Gasteiger charge is 1.99. The standard InChI is InChI=1S/C8H16N4/c1-3-7-10-8(12-11-7)5-6-9-4-2/h9H,3-6H2,1-2H3,(H,10,11,12). The van der Waals surface area contributed by atoms with Gasteiger partial charge in [-0.25, -0.2) is 4.98 Å². The molecule has 12 heavy (non-hydrogen) atoms. The van der Waals surface area contributed by atoms with Crippen molar-refractivity contribution in [2.75, 3.05) is 13.1 Å². The second kappa shape index (κ2) is 4.87. The van der Waals surface area contributed by atoms with Gasteiger partial charge in [0.25, 0.3) is 0 Å². The van der Waals surface area contributed by atoms with Crippen molar-refractivity contribution >= 4 is 0 Å². The number of aromatic amines is 1. The van der Waals surface area contributed by atoms with Crippen molar-refractivity contribution in [3.8, 4) is 0 Å². The van der Waals surface area contributed by atoms with Crippen molar-refractivity contribution in [3.63, 3.8) is 0 Å². The Hall–Kier alpha value is -0.900. The van der Waals surface area contributed by atoms with Crippen LogP contribution in [0.2, 0.25) is 0 Å². The molecule has 0 unspecified atom stereocenters. The van der Waals surface area contributed by atoms with Gasteiger partial charge < -0.3 is 5.32 Å². The Labute approximate surface area is 72.8 Å². The summed E-state index contributed by atoms with van der Waals surface area (Å²) in [7, 11) is 0. The maximum Gasteiger partial charge on any atom is 0.150 e. The molecule has 0 amide bonds. The van der Waals surface area contributed by atoms with Gasteiger partial charge in [0.15, 0.2) is 0 Å². The third kappa shape index (κ3) is 2.62. The number of aromatic nitrogens is 3. The minimum absolute atomic E-state index is 0.901. The molecule has 4 nitrogen and oxygen atoms in total. The van der Waals surface area contributed by atoms with Crippen molar-refractivity contribution in [1.29, 1.82) is 0 Å². The summed E-state index contributed by atoms with van der Waals surface area (Å²) in [6.45, 7) is 6.12. The average molecular weight is 168 g/mol. The summed E-state index contributed by atoms with van der Waals surface area (Å²) in [6, 6.07) is 0. The first-order valence-corrected chi connectivity index (χ1v) is 4.47. The fourth-order valence-corrected chi connectivity index (χ4v) is 0.988. The molecule has 0 saturated heterocycles. The van der Waals surface area contributed by atoms with E-state index in [4.69, 9.17) is 0 Å². The lowest BCUT2D eigenvalue weighted by Gasteiger charge is -1.96. The molecule has 0 aliphatic rings. The molecule has 0 aliphatic carbocycles. The van der Waals surface area contributed by atoms with Crippen LogP contribution in [0.15, 0.2) is 0 Å². The average Bonchev–Trinajstić information content (AvgIpc) is 2.53. The van der Waals surface area contributed by atoms with E-state index in [2.05, 4.69) is 34.3 Å². The summed E-state index contributed by atoms with van der Waals surface area (Å²) in [5.41, 5.74) is 0. The summed E-state index contributed by atoms with van der Waals surface area (Å²) in [5.74, 6) is 1.88. The molecule has 1 rings (SSSR count). The van der Waals surface area contributed by atoms with Crippen LogP contribution in [-0.2, 0) is 12.8 Å². The lowest BCUT2D eigenvalue weighted by molar-refractivity contribution is 0.697. The number of hydrogen-bond acceptors (Lipinski definition) is 3. The Morgan fingerprint density at radius 2 is 2.25 bits per heavy atom. The van der Waals surface area contributed by atoms with Crippen LogP contribution in [0.5, 0.6) is 0 Å². The first-order chi connectivity index (χ1) is 5.86. The van der Waals surface area contributed by atoms with E-state index in [1.807, 2.05) is 0 Å². The van der Waals surface area contributed by atoms with Gasteiger partial charge in [-0.15, -0.1) is 0 Å². The lowest BCUT2D eigenvalue weighted by atomic mass is 10.4. The Balaban J connectivity index is 2.31. The second-order valence-electron chi connectivity index (χ2n) is 2.66. The van der Waals surface area contributed by atoms with Crippen LogP contribution in [0.3, 0.4) is 0 Å². The highest BCUT2D eigenvalue weighted by atomic mass is 15.2. The topological polar surface area (TPSA) is 53.6 Å². The number of H-pyrrole nitrogens is 1. The summed E-state index contributed by atoms with van der Waals surface area (Å²) in [4.78, 5) is 4.29. The van der Waals surface area contributed by atoms with Crippen LogP contribution < -0.4 is 5.32 Å². The first kappa shape index (κ1) is 9.19. The van der Waals surface area contributed by atoms with Gasteiger partial charge in [-0.05, 0) is 6.54 Å². The van der Waals surface area contributed by atoms with Gasteiger partial charge in [0, 0.05) is 19.4 Å². The molecule has 0 spiro atoms. The van der Waals surface area contributed by atoms with Gasteiger partial charge in [-0.1, -0.05) is 13.8 Å². The quantitative estimate of drug-likeness (QED) is 0.630. The third-order valence-corrected chi connectivity index (χ3v) is 1.68. The van der Waals surface area contributed by atoms with Crippen molar-refractivity contribution < 1.29 is 0 Å². The van der Waals surface area contributed by atoms with Crippen LogP contribution >= 0.6 is 0 Å². The summed E-state index contributed by atoms with van der Waals surface area (Å²) in [5, 5.41) is 10.2. The second-order valence-corrected chi connectivity index (χ2v) is 2.66. The molecule has 68 valence electrons. The normalized spacial score (nSPS) is 10.5. The van der Waals surface area contributed by atoms with Crippen molar-refractivity contribution in [2.24, 2.45) is 0 Å².